The van der Waals surface area contributed by atoms with E-state index in [4.69, 9.17) is 0 Å². The summed E-state index contributed by atoms with van der Waals surface area (Å²) < 4.78 is 0. The summed E-state index contributed by atoms with van der Waals surface area (Å²) in [4.78, 5) is 13.5. The average molecular weight is 162 g/mol. The van der Waals surface area contributed by atoms with Gasteiger partial charge in [-0.05, 0) is 19.3 Å². The van der Waals surface area contributed by atoms with Crippen molar-refractivity contribution in [3.8, 4) is 0 Å². The minimum atomic E-state index is 0.200. The van der Waals surface area contributed by atoms with E-state index in [0.717, 1.165) is 31.5 Å². The SMILES string of the molecule is O=C(C1=CC[CH]C=C1)N1CCC1. The van der Waals surface area contributed by atoms with Crippen LogP contribution in [0.3, 0.4) is 0 Å². The van der Waals surface area contributed by atoms with Gasteiger partial charge in [0.2, 0.25) is 0 Å². The monoisotopic (exact) mass is 162 g/mol. The molecule has 0 bridgehead atoms. The highest BCUT2D eigenvalue weighted by Crippen LogP contribution is 2.15. The normalized spacial score (nSPS) is 21.7. The lowest BCUT2D eigenvalue weighted by Gasteiger charge is -2.31. The Labute approximate surface area is 72.6 Å². The van der Waals surface area contributed by atoms with Crippen molar-refractivity contribution in [3.63, 3.8) is 0 Å². The fourth-order valence-corrected chi connectivity index (χ4v) is 1.37. The highest BCUT2D eigenvalue weighted by Gasteiger charge is 2.22. The number of allylic oxidation sites excluding steroid dienone is 2. The summed E-state index contributed by atoms with van der Waals surface area (Å²) in [7, 11) is 0. The van der Waals surface area contributed by atoms with E-state index in [9.17, 15) is 4.79 Å². The second-order valence-electron chi connectivity index (χ2n) is 3.14. The number of hydrogen-bond acceptors (Lipinski definition) is 1. The van der Waals surface area contributed by atoms with Crippen LogP contribution in [0.4, 0.5) is 0 Å². The van der Waals surface area contributed by atoms with Crippen LogP contribution < -0.4 is 0 Å². The Kier molecular flexibility index (Phi) is 1.98. The second-order valence-corrected chi connectivity index (χ2v) is 3.14. The first-order valence-electron chi connectivity index (χ1n) is 4.37. The molecule has 0 unspecified atom stereocenters. The number of likely N-dealkylation sites (tertiary alicyclic amines) is 1. The minimum absolute atomic E-state index is 0.200. The molecule has 0 spiro atoms. The van der Waals surface area contributed by atoms with Crippen LogP contribution in [-0.4, -0.2) is 23.9 Å². The molecular formula is C10H12NO. The van der Waals surface area contributed by atoms with E-state index in [-0.39, 0.29) is 5.91 Å². The van der Waals surface area contributed by atoms with Crippen LogP contribution in [0.25, 0.3) is 0 Å². The van der Waals surface area contributed by atoms with Gasteiger partial charge in [-0.15, -0.1) is 0 Å². The van der Waals surface area contributed by atoms with Crippen LogP contribution in [-0.2, 0) is 4.79 Å². The molecule has 12 heavy (non-hydrogen) atoms. The molecule has 1 saturated heterocycles. The smallest absolute Gasteiger partial charge is 0.253 e. The Balaban J connectivity index is 2.02. The fourth-order valence-electron chi connectivity index (χ4n) is 1.37. The number of amides is 1. The number of nitrogens with zero attached hydrogens (tertiary/aromatic N) is 1. The van der Waals surface area contributed by atoms with Gasteiger partial charge in [-0.25, -0.2) is 0 Å². The Hall–Kier alpha value is -1.05. The summed E-state index contributed by atoms with van der Waals surface area (Å²) in [5.74, 6) is 0.200. The Morgan fingerprint density at radius 3 is 2.75 bits per heavy atom. The zero-order valence-electron chi connectivity index (χ0n) is 6.99. The van der Waals surface area contributed by atoms with Gasteiger partial charge < -0.3 is 4.90 Å². The zero-order chi connectivity index (χ0) is 8.39. The predicted octanol–water partition coefficient (Wildman–Crippen LogP) is 1.31. The lowest BCUT2D eigenvalue weighted by atomic mass is 10.0. The molecule has 0 aromatic heterocycles. The first-order chi connectivity index (χ1) is 5.88. The Morgan fingerprint density at radius 2 is 2.25 bits per heavy atom. The largest absolute Gasteiger partial charge is 0.339 e. The quantitative estimate of drug-likeness (QED) is 0.569. The van der Waals surface area contributed by atoms with Crippen molar-refractivity contribution in [2.24, 2.45) is 0 Å². The molecule has 1 amide bonds. The van der Waals surface area contributed by atoms with Crippen LogP contribution >= 0.6 is 0 Å². The van der Waals surface area contributed by atoms with Crippen molar-refractivity contribution < 1.29 is 4.79 Å². The van der Waals surface area contributed by atoms with Gasteiger partial charge in [-0.2, -0.15) is 0 Å². The summed E-state index contributed by atoms with van der Waals surface area (Å²) in [6.45, 7) is 1.88. The molecule has 1 aliphatic heterocycles. The van der Waals surface area contributed by atoms with Gasteiger partial charge in [0, 0.05) is 18.7 Å². The molecule has 1 heterocycles. The second kappa shape index (κ2) is 3.13. The van der Waals surface area contributed by atoms with Gasteiger partial charge in [0.05, 0.1) is 0 Å². The molecule has 0 N–H and O–H groups in total. The number of carbonyl (C=O) groups excluding carboxylic acids is 1. The Bertz CT molecular complexity index is 249. The lowest BCUT2D eigenvalue weighted by Crippen LogP contribution is -2.42. The van der Waals surface area contributed by atoms with Crippen molar-refractivity contribution in [1.82, 2.24) is 4.90 Å². The van der Waals surface area contributed by atoms with Crippen LogP contribution in [0.1, 0.15) is 12.8 Å². The molecule has 1 fully saturated rings. The molecule has 63 valence electrons. The van der Waals surface area contributed by atoms with E-state index >= 15 is 0 Å². The van der Waals surface area contributed by atoms with Crippen LogP contribution in [0.2, 0.25) is 0 Å². The van der Waals surface area contributed by atoms with Crippen molar-refractivity contribution in [2.75, 3.05) is 13.1 Å². The molecule has 1 aliphatic carbocycles. The highest BCUT2D eigenvalue weighted by molar-refractivity contribution is 5.96. The highest BCUT2D eigenvalue weighted by atomic mass is 16.2. The molecule has 2 heteroatoms. The standard InChI is InChI=1S/C10H12NO/c12-10(11-7-4-8-11)9-5-2-1-3-6-9/h1-2,5-6H,3-4,7-8H2. The molecule has 1 radical (unpaired) electrons. The maximum absolute atomic E-state index is 11.6. The van der Waals surface area contributed by atoms with Crippen LogP contribution in [0.5, 0.6) is 0 Å². The van der Waals surface area contributed by atoms with E-state index in [1.807, 2.05) is 29.5 Å². The molecule has 2 aliphatic rings. The van der Waals surface area contributed by atoms with Gasteiger partial charge in [0.25, 0.3) is 5.91 Å². The van der Waals surface area contributed by atoms with E-state index in [0.29, 0.717) is 0 Å². The maximum Gasteiger partial charge on any atom is 0.253 e. The van der Waals surface area contributed by atoms with Gasteiger partial charge in [-0.3, -0.25) is 4.79 Å². The molecular weight excluding hydrogens is 150 g/mol. The van der Waals surface area contributed by atoms with Gasteiger partial charge in [0.15, 0.2) is 0 Å². The molecule has 2 rings (SSSR count). The zero-order valence-corrected chi connectivity index (χ0v) is 6.99. The van der Waals surface area contributed by atoms with E-state index < -0.39 is 0 Å². The molecule has 0 aromatic rings. The summed E-state index contributed by atoms with van der Waals surface area (Å²) in [6.07, 6.45) is 9.94. The average Bonchev–Trinajstić information content (AvgIpc) is 2.03. The molecule has 0 atom stereocenters. The molecule has 2 nitrogen and oxygen atoms in total. The lowest BCUT2D eigenvalue weighted by molar-refractivity contribution is -0.130. The Morgan fingerprint density at radius 1 is 1.42 bits per heavy atom. The van der Waals surface area contributed by atoms with Crippen LogP contribution in [0, 0.1) is 6.42 Å². The number of rotatable bonds is 1. The molecule has 0 saturated carbocycles. The minimum Gasteiger partial charge on any atom is -0.339 e. The third-order valence-electron chi connectivity index (χ3n) is 2.28. The van der Waals surface area contributed by atoms with Crippen molar-refractivity contribution in [2.45, 2.75) is 12.8 Å². The van der Waals surface area contributed by atoms with Gasteiger partial charge in [0.1, 0.15) is 0 Å². The van der Waals surface area contributed by atoms with Crippen LogP contribution in [0.15, 0.2) is 23.8 Å². The van der Waals surface area contributed by atoms with Crippen molar-refractivity contribution in [1.29, 1.82) is 0 Å². The van der Waals surface area contributed by atoms with E-state index in [1.54, 1.807) is 0 Å². The third kappa shape index (κ3) is 1.29. The van der Waals surface area contributed by atoms with Crippen molar-refractivity contribution in [3.05, 3.63) is 30.2 Å². The maximum atomic E-state index is 11.6. The number of carbonyl (C=O) groups is 1. The van der Waals surface area contributed by atoms with E-state index in [1.165, 1.54) is 0 Å². The summed E-state index contributed by atoms with van der Waals surface area (Å²) in [5.41, 5.74) is 0.859. The fraction of sp³-hybridized carbons (Fsp3) is 0.400. The van der Waals surface area contributed by atoms with Gasteiger partial charge >= 0.3 is 0 Å². The summed E-state index contributed by atoms with van der Waals surface area (Å²) >= 11 is 0. The van der Waals surface area contributed by atoms with Gasteiger partial charge in [-0.1, -0.05) is 18.2 Å². The number of hydrogen-bond donors (Lipinski definition) is 0. The van der Waals surface area contributed by atoms with Crippen molar-refractivity contribution >= 4 is 5.91 Å². The predicted molar refractivity (Wildman–Crippen MR) is 47.3 cm³/mol. The summed E-state index contributed by atoms with van der Waals surface area (Å²) in [6, 6.07) is 0. The summed E-state index contributed by atoms with van der Waals surface area (Å²) in [5, 5.41) is 0. The molecule has 0 aromatic carbocycles. The first-order valence-corrected chi connectivity index (χ1v) is 4.37. The topological polar surface area (TPSA) is 20.3 Å². The first kappa shape index (κ1) is 7.59. The third-order valence-corrected chi connectivity index (χ3v) is 2.28. The van der Waals surface area contributed by atoms with E-state index in [2.05, 4.69) is 0 Å².